The fraction of sp³-hybridized carbons (Fsp3) is 0.622. The van der Waals surface area contributed by atoms with E-state index in [-0.39, 0.29) is 17.4 Å². The average molecular weight is 570 g/mol. The van der Waals surface area contributed by atoms with E-state index in [0.717, 1.165) is 49.7 Å². The summed E-state index contributed by atoms with van der Waals surface area (Å²) in [7, 11) is 0. The van der Waals surface area contributed by atoms with Gasteiger partial charge in [-0.25, -0.2) is 0 Å². The van der Waals surface area contributed by atoms with Gasteiger partial charge in [-0.15, -0.1) is 0 Å². The zero-order valence-electron chi connectivity index (χ0n) is 25.9. The Morgan fingerprint density at radius 1 is 1.17 bits per heavy atom. The number of aromatic amines is 1. The molecular formula is C37H47NO4. The Morgan fingerprint density at radius 2 is 1.93 bits per heavy atom. The van der Waals surface area contributed by atoms with Crippen LogP contribution in [0.1, 0.15) is 95.0 Å². The van der Waals surface area contributed by atoms with Crippen LogP contribution in [0.3, 0.4) is 0 Å². The Balaban J connectivity index is 1.28. The first-order valence-electron chi connectivity index (χ1n) is 16.2. The molecule has 5 aliphatic carbocycles. The molecule has 1 unspecified atom stereocenters. The Kier molecular flexibility index (Phi) is 5.41. The number of aliphatic hydroxyl groups is 3. The largest absolute Gasteiger partial charge is 0.390 e. The van der Waals surface area contributed by atoms with Crippen LogP contribution in [0.5, 0.6) is 0 Å². The molecule has 42 heavy (non-hydrogen) atoms. The van der Waals surface area contributed by atoms with E-state index in [2.05, 4.69) is 44.1 Å². The smallest absolute Gasteiger partial charge is 0.108 e. The van der Waals surface area contributed by atoms with Crippen LogP contribution < -0.4 is 0 Å². The highest BCUT2D eigenvalue weighted by molar-refractivity contribution is 5.91. The number of H-pyrrole nitrogens is 1. The third kappa shape index (κ3) is 3.09. The van der Waals surface area contributed by atoms with Crippen molar-refractivity contribution in [2.45, 2.75) is 120 Å². The Morgan fingerprint density at radius 3 is 2.64 bits per heavy atom. The van der Waals surface area contributed by atoms with Crippen LogP contribution in [0, 0.1) is 23.2 Å². The van der Waals surface area contributed by atoms with E-state index in [0.29, 0.717) is 24.2 Å². The minimum atomic E-state index is -1.05. The van der Waals surface area contributed by atoms with Gasteiger partial charge in [-0.3, -0.25) is 0 Å². The van der Waals surface area contributed by atoms with Crippen LogP contribution in [0.2, 0.25) is 0 Å². The van der Waals surface area contributed by atoms with Crippen LogP contribution in [0.15, 0.2) is 48.1 Å². The predicted molar refractivity (Wildman–Crippen MR) is 165 cm³/mol. The summed E-state index contributed by atoms with van der Waals surface area (Å²) >= 11 is 0. The van der Waals surface area contributed by atoms with E-state index in [9.17, 15) is 15.3 Å². The average Bonchev–Trinajstić information content (AvgIpc) is 3.39. The molecule has 0 bridgehead atoms. The summed E-state index contributed by atoms with van der Waals surface area (Å²) in [5, 5.41) is 36.4. The van der Waals surface area contributed by atoms with E-state index in [1.54, 1.807) is 0 Å². The molecule has 4 N–H and O–H groups in total. The number of hydrogen-bond donors (Lipinski definition) is 4. The second kappa shape index (κ2) is 8.29. The van der Waals surface area contributed by atoms with Gasteiger partial charge in [0, 0.05) is 27.4 Å². The molecule has 5 nitrogen and oxygen atoms in total. The minimum Gasteiger partial charge on any atom is -0.390 e. The van der Waals surface area contributed by atoms with Gasteiger partial charge in [-0.05, 0) is 129 Å². The summed E-state index contributed by atoms with van der Waals surface area (Å²) in [5.74, 6) is 1.39. The molecule has 0 amide bonds. The molecule has 10 atom stereocenters. The summed E-state index contributed by atoms with van der Waals surface area (Å²) in [6.45, 7) is 19.1. The normalized spacial score (nSPS) is 43.8. The first kappa shape index (κ1) is 27.4. The summed E-state index contributed by atoms with van der Waals surface area (Å²) in [6.07, 6.45) is 6.75. The topological polar surface area (TPSA) is 85.7 Å². The van der Waals surface area contributed by atoms with Crippen molar-refractivity contribution in [2.75, 3.05) is 0 Å². The molecule has 0 radical (unpaired) electrons. The molecule has 2 aromatic rings. The highest BCUT2D eigenvalue weighted by Gasteiger charge is 2.70. The van der Waals surface area contributed by atoms with E-state index >= 15 is 0 Å². The molecule has 224 valence electrons. The Labute approximate surface area is 249 Å². The number of rotatable bonds is 2. The van der Waals surface area contributed by atoms with Crippen LogP contribution in [0.25, 0.3) is 10.9 Å². The molecule has 1 aromatic carbocycles. The summed E-state index contributed by atoms with van der Waals surface area (Å²) in [6, 6.07) is 4.55. The van der Waals surface area contributed by atoms with Crippen molar-refractivity contribution >= 4 is 10.9 Å². The highest BCUT2D eigenvalue weighted by atomic mass is 16.5. The lowest BCUT2D eigenvalue weighted by Crippen LogP contribution is -2.67. The van der Waals surface area contributed by atoms with Crippen molar-refractivity contribution in [2.24, 2.45) is 23.2 Å². The third-order valence-electron chi connectivity index (χ3n) is 13.6. The van der Waals surface area contributed by atoms with Crippen LogP contribution in [-0.4, -0.2) is 49.8 Å². The number of ether oxygens (including phenoxy) is 1. The van der Waals surface area contributed by atoms with Gasteiger partial charge in [-0.1, -0.05) is 38.6 Å². The Bertz CT molecular complexity index is 1590. The predicted octanol–water partition coefficient (Wildman–Crippen LogP) is 6.16. The summed E-state index contributed by atoms with van der Waals surface area (Å²) in [4.78, 5) is 3.96. The third-order valence-corrected chi connectivity index (χ3v) is 13.6. The highest BCUT2D eigenvalue weighted by Crippen LogP contribution is 2.70. The van der Waals surface area contributed by atoms with E-state index in [4.69, 9.17) is 4.74 Å². The molecule has 1 aromatic heterocycles. The Hall–Kier alpha value is -2.18. The van der Waals surface area contributed by atoms with Crippen molar-refractivity contribution in [3.05, 3.63) is 70.5 Å². The number of allylic oxidation sites excluding steroid dienone is 1. The number of aromatic nitrogens is 1. The number of benzene rings is 1. The van der Waals surface area contributed by atoms with E-state index in [1.165, 1.54) is 38.9 Å². The number of hydrogen-bond acceptors (Lipinski definition) is 4. The van der Waals surface area contributed by atoms with Gasteiger partial charge in [0.15, 0.2) is 0 Å². The molecule has 5 heteroatoms. The molecule has 3 saturated carbocycles. The maximum atomic E-state index is 12.8. The van der Waals surface area contributed by atoms with Gasteiger partial charge in [0.2, 0.25) is 0 Å². The molecule has 0 saturated heterocycles. The molecule has 3 fully saturated rings. The molecule has 6 aliphatic rings. The number of nitrogens with one attached hydrogen (secondary N) is 1. The standard InChI is InChI=1S/C37H47NO4/c1-18(2)32-27(39)17-24-28(42-32)11-12-35(6)36(7)21(10-13-37(24,35)41)15-23-31-26(38-33(23)36)9-8-20-14-19(3)22-16-25(34(4,5)40)30(22)29(20)31/h8-9,17,21-22,25,27-28,30,32,38-41H,1,3,10-16H2,2,4-7H3/t21-,22+,25-,27?,28-,30-,32+,35+,36+,37+/m0/s1. The monoisotopic (exact) mass is 569 g/mol. The van der Waals surface area contributed by atoms with Crippen LogP contribution in [0.4, 0.5) is 0 Å². The summed E-state index contributed by atoms with van der Waals surface area (Å²) in [5.41, 5.74) is 7.31. The zero-order chi connectivity index (χ0) is 29.7. The lowest BCUT2D eigenvalue weighted by molar-refractivity contribution is -0.185. The fourth-order valence-corrected chi connectivity index (χ4v) is 11.1. The lowest BCUT2D eigenvalue weighted by Gasteiger charge is -2.65. The second-order valence-corrected chi connectivity index (χ2v) is 15.9. The van der Waals surface area contributed by atoms with Crippen LogP contribution >= 0.6 is 0 Å². The van der Waals surface area contributed by atoms with Crippen molar-refractivity contribution in [3.63, 3.8) is 0 Å². The van der Waals surface area contributed by atoms with E-state index in [1.807, 2.05) is 26.8 Å². The SMILES string of the molecule is C=C(C)[C@H]1O[C@H]2CC[C@@]3(C)[C@@](O)(CC[C@H]4Cc5c([nH]c6ccc7c(c56)[C@H]5[C@H](C[C@@H]5C(C)(C)O)C(=C)C7)[C@@]43C)C2=CC1O. The molecule has 0 spiro atoms. The van der Waals surface area contributed by atoms with Gasteiger partial charge in [0.05, 0.1) is 17.3 Å². The number of fused-ring (bicyclic) bond motifs is 13. The van der Waals surface area contributed by atoms with Crippen molar-refractivity contribution < 1.29 is 20.1 Å². The van der Waals surface area contributed by atoms with Gasteiger partial charge >= 0.3 is 0 Å². The van der Waals surface area contributed by atoms with Crippen molar-refractivity contribution in [1.82, 2.24) is 4.98 Å². The van der Waals surface area contributed by atoms with Crippen molar-refractivity contribution in [1.29, 1.82) is 0 Å². The lowest BCUT2D eigenvalue weighted by atomic mass is 9.42. The quantitative estimate of drug-likeness (QED) is 0.327. The maximum Gasteiger partial charge on any atom is 0.108 e. The number of aliphatic hydroxyl groups excluding tert-OH is 1. The second-order valence-electron chi connectivity index (χ2n) is 15.9. The van der Waals surface area contributed by atoms with Crippen LogP contribution in [-0.2, 0) is 23.0 Å². The molecule has 1 aliphatic heterocycles. The van der Waals surface area contributed by atoms with Gasteiger partial charge in [0.1, 0.15) is 12.2 Å². The first-order chi connectivity index (χ1) is 19.7. The molecule has 8 rings (SSSR count). The summed E-state index contributed by atoms with van der Waals surface area (Å²) < 4.78 is 6.41. The zero-order valence-corrected chi connectivity index (χ0v) is 25.9. The maximum absolute atomic E-state index is 12.8. The van der Waals surface area contributed by atoms with Crippen molar-refractivity contribution in [3.8, 4) is 0 Å². The van der Waals surface area contributed by atoms with Gasteiger partial charge < -0.3 is 25.0 Å². The molecular weight excluding hydrogens is 522 g/mol. The van der Waals surface area contributed by atoms with Gasteiger partial charge in [-0.2, -0.15) is 0 Å². The van der Waals surface area contributed by atoms with Gasteiger partial charge in [0.25, 0.3) is 0 Å². The fourth-order valence-electron chi connectivity index (χ4n) is 11.1. The molecule has 2 heterocycles. The first-order valence-corrected chi connectivity index (χ1v) is 16.2. The van der Waals surface area contributed by atoms with E-state index < -0.39 is 28.8 Å². The minimum absolute atomic E-state index is 0.189.